The maximum atomic E-state index is 10.6. The smallest absolute Gasteiger partial charge is 0.337 e. The van der Waals surface area contributed by atoms with Crippen molar-refractivity contribution in [2.45, 2.75) is 24.8 Å². The minimum Gasteiger partial charge on any atom is -0.478 e. The van der Waals surface area contributed by atoms with Crippen LogP contribution in [0.15, 0.2) is 17.3 Å². The Kier molecular flexibility index (Phi) is 4.91. The fourth-order valence-electron chi connectivity index (χ4n) is 0.962. The summed E-state index contributed by atoms with van der Waals surface area (Å²) >= 11 is 7.46. The van der Waals surface area contributed by atoms with Crippen LogP contribution in [-0.2, 0) is 0 Å². The first-order valence-electron chi connectivity index (χ1n) is 4.66. The molecule has 0 saturated carbocycles. The second-order valence-electron chi connectivity index (χ2n) is 3.02. The fraction of sp³-hybridized carbons (Fsp3) is 0.400. The highest BCUT2D eigenvalue weighted by Gasteiger charge is 2.08. The van der Waals surface area contributed by atoms with Gasteiger partial charge in [-0.1, -0.05) is 24.9 Å². The molecule has 1 heterocycles. The number of carboxylic acids is 1. The summed E-state index contributed by atoms with van der Waals surface area (Å²) in [7, 11) is 0. The second-order valence-corrected chi connectivity index (χ2v) is 4.51. The van der Waals surface area contributed by atoms with Gasteiger partial charge in [0, 0.05) is 6.20 Å². The lowest BCUT2D eigenvalue weighted by Gasteiger charge is -2.03. The zero-order valence-corrected chi connectivity index (χ0v) is 9.94. The molecule has 0 fully saturated rings. The summed E-state index contributed by atoms with van der Waals surface area (Å²) in [6.45, 7) is 2.11. The van der Waals surface area contributed by atoms with Crippen LogP contribution in [0.4, 0.5) is 0 Å². The third-order valence-electron chi connectivity index (χ3n) is 1.79. The van der Waals surface area contributed by atoms with E-state index in [1.807, 2.05) is 0 Å². The number of pyridine rings is 1. The third-order valence-corrected chi connectivity index (χ3v) is 3.28. The highest BCUT2D eigenvalue weighted by atomic mass is 35.5. The van der Waals surface area contributed by atoms with Crippen molar-refractivity contribution < 1.29 is 9.90 Å². The number of aromatic nitrogens is 1. The highest BCUT2D eigenvalue weighted by Crippen LogP contribution is 2.26. The Bertz CT molecular complexity index is 357. The normalized spacial score (nSPS) is 10.3. The molecule has 0 spiro atoms. The molecule has 0 aliphatic carbocycles. The topological polar surface area (TPSA) is 50.2 Å². The van der Waals surface area contributed by atoms with Gasteiger partial charge in [-0.3, -0.25) is 0 Å². The van der Waals surface area contributed by atoms with Gasteiger partial charge < -0.3 is 5.11 Å². The lowest BCUT2D eigenvalue weighted by Crippen LogP contribution is -1.97. The molecule has 0 aliphatic heterocycles. The molecule has 0 unspecified atom stereocenters. The van der Waals surface area contributed by atoms with E-state index in [2.05, 4.69) is 11.9 Å². The largest absolute Gasteiger partial charge is 0.478 e. The van der Waals surface area contributed by atoms with Gasteiger partial charge in [-0.15, -0.1) is 11.8 Å². The minimum atomic E-state index is -1.01. The molecule has 0 bridgehead atoms. The number of halogens is 1. The molecule has 0 amide bonds. The lowest BCUT2D eigenvalue weighted by molar-refractivity contribution is 0.0696. The van der Waals surface area contributed by atoms with E-state index in [0.29, 0.717) is 10.0 Å². The zero-order valence-electron chi connectivity index (χ0n) is 8.36. The minimum absolute atomic E-state index is 0.125. The average molecular weight is 246 g/mol. The van der Waals surface area contributed by atoms with E-state index in [4.69, 9.17) is 16.7 Å². The molecule has 0 radical (unpaired) electrons. The van der Waals surface area contributed by atoms with Crippen LogP contribution in [-0.4, -0.2) is 21.8 Å². The van der Waals surface area contributed by atoms with E-state index in [9.17, 15) is 4.79 Å². The molecular weight excluding hydrogens is 234 g/mol. The first kappa shape index (κ1) is 12.3. The van der Waals surface area contributed by atoms with Crippen LogP contribution in [0.25, 0.3) is 0 Å². The van der Waals surface area contributed by atoms with Crippen molar-refractivity contribution in [2.24, 2.45) is 0 Å². The number of hydrogen-bond acceptors (Lipinski definition) is 3. The van der Waals surface area contributed by atoms with Crippen LogP contribution in [0.1, 0.15) is 30.1 Å². The molecule has 15 heavy (non-hydrogen) atoms. The van der Waals surface area contributed by atoms with E-state index < -0.39 is 5.97 Å². The standard InChI is InChI=1S/C10H12ClNO2S/c1-2-3-4-15-9-8(11)5-7(6-12-9)10(13)14/h5-6H,2-4H2,1H3,(H,13,14). The van der Waals surface area contributed by atoms with Crippen LogP contribution in [0.2, 0.25) is 5.02 Å². The van der Waals surface area contributed by atoms with Crippen molar-refractivity contribution in [3.63, 3.8) is 0 Å². The Labute approximate surface area is 97.9 Å². The fourth-order valence-corrected chi connectivity index (χ4v) is 2.24. The predicted octanol–water partition coefficient (Wildman–Crippen LogP) is 3.33. The summed E-state index contributed by atoms with van der Waals surface area (Å²) in [5.74, 6) is -0.0511. The van der Waals surface area contributed by atoms with Crippen LogP contribution < -0.4 is 0 Å². The number of hydrogen-bond donors (Lipinski definition) is 1. The second kappa shape index (κ2) is 5.98. The molecular formula is C10H12ClNO2S. The zero-order chi connectivity index (χ0) is 11.3. The van der Waals surface area contributed by atoms with Crippen molar-refractivity contribution in [2.75, 3.05) is 5.75 Å². The summed E-state index contributed by atoms with van der Waals surface area (Å²) < 4.78 is 0. The molecule has 82 valence electrons. The molecule has 1 rings (SSSR count). The number of carbonyl (C=O) groups is 1. The molecule has 5 heteroatoms. The van der Waals surface area contributed by atoms with Crippen LogP contribution >= 0.6 is 23.4 Å². The van der Waals surface area contributed by atoms with Crippen LogP contribution in [0.3, 0.4) is 0 Å². The molecule has 1 aromatic heterocycles. The number of unbranched alkanes of at least 4 members (excludes halogenated alkanes) is 1. The Morgan fingerprint density at radius 2 is 2.40 bits per heavy atom. The maximum Gasteiger partial charge on any atom is 0.337 e. The monoisotopic (exact) mass is 245 g/mol. The van der Waals surface area contributed by atoms with E-state index in [1.165, 1.54) is 12.3 Å². The van der Waals surface area contributed by atoms with Crippen molar-refractivity contribution in [3.8, 4) is 0 Å². The lowest BCUT2D eigenvalue weighted by atomic mass is 10.3. The van der Waals surface area contributed by atoms with E-state index >= 15 is 0 Å². The first-order chi connectivity index (χ1) is 7.15. The van der Waals surface area contributed by atoms with Crippen molar-refractivity contribution >= 4 is 29.3 Å². The summed E-state index contributed by atoms with van der Waals surface area (Å²) in [6.07, 6.45) is 3.56. The van der Waals surface area contributed by atoms with Gasteiger partial charge in [0.25, 0.3) is 0 Å². The maximum absolute atomic E-state index is 10.6. The number of nitrogens with zero attached hydrogens (tertiary/aromatic N) is 1. The molecule has 1 N–H and O–H groups in total. The molecule has 0 aliphatic rings. The van der Waals surface area contributed by atoms with Crippen LogP contribution in [0, 0.1) is 0 Å². The number of aromatic carboxylic acids is 1. The SMILES string of the molecule is CCCCSc1ncc(C(=O)O)cc1Cl. The summed E-state index contributed by atoms with van der Waals surface area (Å²) in [4.78, 5) is 14.6. The summed E-state index contributed by atoms with van der Waals surface area (Å²) in [5, 5.41) is 9.83. The van der Waals surface area contributed by atoms with Gasteiger partial charge >= 0.3 is 5.97 Å². The number of rotatable bonds is 5. The van der Waals surface area contributed by atoms with Crippen molar-refractivity contribution in [1.82, 2.24) is 4.98 Å². The van der Waals surface area contributed by atoms with Gasteiger partial charge in [0.05, 0.1) is 10.6 Å². The van der Waals surface area contributed by atoms with Crippen LogP contribution in [0.5, 0.6) is 0 Å². The summed E-state index contributed by atoms with van der Waals surface area (Å²) in [5.41, 5.74) is 0.125. The van der Waals surface area contributed by atoms with Gasteiger partial charge in [0.15, 0.2) is 0 Å². The number of thioether (sulfide) groups is 1. The Morgan fingerprint density at radius 3 is 2.93 bits per heavy atom. The van der Waals surface area contributed by atoms with Gasteiger partial charge in [0.2, 0.25) is 0 Å². The Morgan fingerprint density at radius 1 is 1.67 bits per heavy atom. The summed E-state index contributed by atoms with van der Waals surface area (Å²) in [6, 6.07) is 1.44. The van der Waals surface area contributed by atoms with E-state index in [1.54, 1.807) is 11.8 Å². The predicted molar refractivity (Wildman–Crippen MR) is 61.8 cm³/mol. The molecule has 3 nitrogen and oxygen atoms in total. The van der Waals surface area contributed by atoms with Gasteiger partial charge in [-0.2, -0.15) is 0 Å². The Hall–Kier alpha value is -0.740. The molecule has 0 atom stereocenters. The quantitative estimate of drug-likeness (QED) is 0.639. The molecule has 0 aromatic carbocycles. The Balaban J connectivity index is 2.70. The van der Waals surface area contributed by atoms with Gasteiger partial charge in [0.1, 0.15) is 5.03 Å². The van der Waals surface area contributed by atoms with E-state index in [0.717, 1.165) is 18.6 Å². The third kappa shape index (κ3) is 3.72. The van der Waals surface area contributed by atoms with Crippen molar-refractivity contribution in [1.29, 1.82) is 0 Å². The average Bonchev–Trinajstić information content (AvgIpc) is 2.20. The van der Waals surface area contributed by atoms with E-state index in [-0.39, 0.29) is 5.56 Å². The first-order valence-corrected chi connectivity index (χ1v) is 6.03. The van der Waals surface area contributed by atoms with Gasteiger partial charge in [-0.25, -0.2) is 9.78 Å². The molecule has 0 saturated heterocycles. The van der Waals surface area contributed by atoms with Gasteiger partial charge in [-0.05, 0) is 18.2 Å². The highest BCUT2D eigenvalue weighted by molar-refractivity contribution is 7.99. The van der Waals surface area contributed by atoms with Crippen molar-refractivity contribution in [3.05, 3.63) is 22.8 Å². The number of carboxylic acid groups (broad SMARTS) is 1. The molecule has 1 aromatic rings.